The molecule has 0 radical (unpaired) electrons. The van der Waals surface area contributed by atoms with Crippen LogP contribution in [0.3, 0.4) is 0 Å². The van der Waals surface area contributed by atoms with Crippen molar-refractivity contribution in [2.45, 2.75) is 133 Å². The predicted molar refractivity (Wildman–Crippen MR) is 159 cm³/mol. The van der Waals surface area contributed by atoms with Gasteiger partial charge in [0, 0.05) is 47.7 Å². The van der Waals surface area contributed by atoms with Crippen LogP contribution in [0.25, 0.3) is 0 Å². The number of carbonyl (C=O) groups excluding carboxylic acids is 2. The van der Waals surface area contributed by atoms with E-state index in [0.717, 1.165) is 42.6 Å². The summed E-state index contributed by atoms with van der Waals surface area (Å²) < 4.78 is 17.4. The molecule has 0 saturated carbocycles. The van der Waals surface area contributed by atoms with Crippen LogP contribution in [-0.4, -0.2) is 58.4 Å². The lowest BCUT2D eigenvalue weighted by Gasteiger charge is -2.31. The molecule has 0 bridgehead atoms. The first-order valence-electron chi connectivity index (χ1n) is 13.8. The zero-order chi connectivity index (χ0) is 26.3. The highest BCUT2D eigenvalue weighted by molar-refractivity contribution is 8.77. The molecule has 3 atom stereocenters. The van der Waals surface area contributed by atoms with Crippen LogP contribution in [0.4, 0.5) is 0 Å². The van der Waals surface area contributed by atoms with Gasteiger partial charge in [-0.05, 0) is 65.7 Å². The second-order valence-electron chi connectivity index (χ2n) is 10.8. The van der Waals surface area contributed by atoms with Crippen LogP contribution in [0, 0.1) is 0 Å². The summed E-state index contributed by atoms with van der Waals surface area (Å²) in [4.78, 5) is 24.4. The van der Waals surface area contributed by atoms with Gasteiger partial charge in [-0.1, -0.05) is 62.9 Å². The van der Waals surface area contributed by atoms with Gasteiger partial charge >= 0.3 is 11.9 Å². The maximum Gasteiger partial charge on any atom is 0.306 e. The molecule has 2 saturated heterocycles. The normalized spacial score (nSPS) is 21.9. The van der Waals surface area contributed by atoms with E-state index in [4.69, 9.17) is 14.2 Å². The molecule has 2 fully saturated rings. The van der Waals surface area contributed by atoms with Crippen molar-refractivity contribution < 1.29 is 23.8 Å². The third kappa shape index (κ3) is 14.5. The third-order valence-corrected chi connectivity index (χ3v) is 13.0. The minimum atomic E-state index is -0.550. The van der Waals surface area contributed by atoms with Crippen molar-refractivity contribution in [1.82, 2.24) is 0 Å². The molecule has 0 aliphatic carbocycles. The molecule has 2 heterocycles. The number of esters is 2. The Morgan fingerprint density at radius 2 is 1.39 bits per heavy atom. The Bertz CT molecular complexity index is 636. The van der Waals surface area contributed by atoms with Crippen molar-refractivity contribution in [1.29, 1.82) is 0 Å². The summed E-state index contributed by atoms with van der Waals surface area (Å²) in [5.41, 5.74) is -0.903. The molecule has 2 aliphatic heterocycles. The average Bonchev–Trinajstić information content (AvgIpc) is 3.53. The molecule has 210 valence electrons. The Morgan fingerprint density at radius 1 is 0.806 bits per heavy atom. The Hall–Kier alpha value is 0.300. The minimum Gasteiger partial charge on any atom is -0.466 e. The maximum atomic E-state index is 12.3. The fraction of sp³-hybridized carbons (Fsp3) is 0.926. The van der Waals surface area contributed by atoms with Crippen molar-refractivity contribution >= 4 is 55.1 Å². The molecule has 2 aliphatic rings. The van der Waals surface area contributed by atoms with Gasteiger partial charge < -0.3 is 14.2 Å². The van der Waals surface area contributed by atoms with Gasteiger partial charge in [0.05, 0.1) is 18.8 Å². The van der Waals surface area contributed by atoms with E-state index in [1.807, 2.05) is 57.0 Å². The zero-order valence-electron chi connectivity index (χ0n) is 22.8. The van der Waals surface area contributed by atoms with Crippen LogP contribution in [0.15, 0.2) is 0 Å². The van der Waals surface area contributed by atoms with Crippen LogP contribution in [0.2, 0.25) is 0 Å². The quantitative estimate of drug-likeness (QED) is 0.0853. The molecule has 9 heteroatoms. The fourth-order valence-electron chi connectivity index (χ4n) is 4.17. The summed E-state index contributed by atoms with van der Waals surface area (Å²) in [6.45, 7) is 8.96. The first-order chi connectivity index (χ1) is 17.2. The molecule has 0 aromatic rings. The smallest absolute Gasteiger partial charge is 0.306 e. The Kier molecular flexibility index (Phi) is 16.1. The van der Waals surface area contributed by atoms with Crippen LogP contribution in [0.1, 0.15) is 111 Å². The Labute approximate surface area is 235 Å². The van der Waals surface area contributed by atoms with Gasteiger partial charge in [0.15, 0.2) is 0 Å². The highest BCUT2D eigenvalue weighted by Crippen LogP contribution is 2.40. The predicted octanol–water partition coefficient (Wildman–Crippen LogP) is 8.25. The highest BCUT2D eigenvalue weighted by atomic mass is 33.1. The summed E-state index contributed by atoms with van der Waals surface area (Å²) in [5.74, 6) is 2.31. The second-order valence-corrected chi connectivity index (χ2v) is 16.3. The molecule has 0 amide bonds. The number of unbranched alkanes of at least 4 members (excludes halogenated alkanes) is 2. The van der Waals surface area contributed by atoms with Crippen molar-refractivity contribution in [2.24, 2.45) is 0 Å². The standard InChI is InChI=1S/C27H48O5S4/c1-5-27(4,17-18-30-24(28)12-8-6-10-22-14-20-33-35-22)31-19-16-26(2,3)32-25(29)13-9-7-11-23-15-21-34-36-23/h22-23H,5-21H2,1-4H3. The van der Waals surface area contributed by atoms with Crippen molar-refractivity contribution in [3.8, 4) is 0 Å². The largest absolute Gasteiger partial charge is 0.466 e. The number of rotatable bonds is 19. The van der Waals surface area contributed by atoms with Crippen LogP contribution in [-0.2, 0) is 23.8 Å². The first kappa shape index (κ1) is 32.5. The molecule has 0 N–H and O–H groups in total. The van der Waals surface area contributed by atoms with Crippen molar-refractivity contribution in [3.63, 3.8) is 0 Å². The third-order valence-electron chi connectivity index (χ3n) is 6.96. The van der Waals surface area contributed by atoms with Gasteiger partial charge in [-0.3, -0.25) is 9.59 Å². The van der Waals surface area contributed by atoms with Crippen molar-refractivity contribution in [3.05, 3.63) is 0 Å². The van der Waals surface area contributed by atoms with E-state index >= 15 is 0 Å². The molecular formula is C27H48O5S4. The van der Waals surface area contributed by atoms with Crippen LogP contribution < -0.4 is 0 Å². The SMILES string of the molecule is CCC(C)(CCOC(=O)CCCCC1CCSS1)OCCC(C)(C)OC(=O)CCCCC1CCSS1. The van der Waals surface area contributed by atoms with E-state index in [9.17, 15) is 9.59 Å². The monoisotopic (exact) mass is 580 g/mol. The van der Waals surface area contributed by atoms with E-state index in [1.165, 1.54) is 37.2 Å². The summed E-state index contributed by atoms with van der Waals surface area (Å²) in [6.07, 6.45) is 12.1. The summed E-state index contributed by atoms with van der Waals surface area (Å²) in [7, 11) is 7.93. The number of hydrogen-bond donors (Lipinski definition) is 0. The zero-order valence-corrected chi connectivity index (χ0v) is 26.1. The van der Waals surface area contributed by atoms with E-state index in [-0.39, 0.29) is 17.5 Å². The molecular weight excluding hydrogens is 533 g/mol. The topological polar surface area (TPSA) is 61.8 Å². The highest BCUT2D eigenvalue weighted by Gasteiger charge is 2.27. The molecule has 2 rings (SSSR count). The van der Waals surface area contributed by atoms with Gasteiger partial charge in [0.2, 0.25) is 0 Å². The van der Waals surface area contributed by atoms with E-state index < -0.39 is 5.60 Å². The van der Waals surface area contributed by atoms with Gasteiger partial charge in [-0.15, -0.1) is 0 Å². The molecule has 0 aromatic heterocycles. The minimum absolute atomic E-state index is 0.101. The molecule has 0 spiro atoms. The Balaban J connectivity index is 1.53. The lowest BCUT2D eigenvalue weighted by atomic mass is 9.98. The molecule has 5 nitrogen and oxygen atoms in total. The molecule has 0 aromatic carbocycles. The fourth-order valence-corrected chi connectivity index (χ4v) is 10.2. The van der Waals surface area contributed by atoms with E-state index in [1.54, 1.807) is 0 Å². The van der Waals surface area contributed by atoms with Gasteiger partial charge in [0.1, 0.15) is 5.60 Å². The number of carbonyl (C=O) groups is 2. The summed E-state index contributed by atoms with van der Waals surface area (Å²) >= 11 is 0. The summed E-state index contributed by atoms with van der Waals surface area (Å²) in [6, 6.07) is 0. The maximum absolute atomic E-state index is 12.3. The number of hydrogen-bond acceptors (Lipinski definition) is 9. The summed E-state index contributed by atoms with van der Waals surface area (Å²) in [5, 5.41) is 1.53. The van der Waals surface area contributed by atoms with Crippen molar-refractivity contribution in [2.75, 3.05) is 24.7 Å². The van der Waals surface area contributed by atoms with Crippen LogP contribution in [0.5, 0.6) is 0 Å². The molecule has 36 heavy (non-hydrogen) atoms. The van der Waals surface area contributed by atoms with E-state index in [2.05, 4.69) is 13.8 Å². The molecule has 3 unspecified atom stereocenters. The average molecular weight is 581 g/mol. The lowest BCUT2D eigenvalue weighted by molar-refractivity contribution is -0.159. The first-order valence-corrected chi connectivity index (χ1v) is 18.6. The van der Waals surface area contributed by atoms with Gasteiger partial charge in [-0.25, -0.2) is 0 Å². The Morgan fingerprint density at radius 3 is 1.92 bits per heavy atom. The van der Waals surface area contributed by atoms with Crippen LogP contribution >= 0.6 is 43.2 Å². The number of ether oxygens (including phenoxy) is 3. The van der Waals surface area contributed by atoms with Gasteiger partial charge in [0.25, 0.3) is 0 Å². The lowest BCUT2D eigenvalue weighted by Crippen LogP contribution is -2.34. The van der Waals surface area contributed by atoms with E-state index in [0.29, 0.717) is 38.9 Å². The second kappa shape index (κ2) is 17.8. The van der Waals surface area contributed by atoms with Gasteiger partial charge in [-0.2, -0.15) is 0 Å².